The summed E-state index contributed by atoms with van der Waals surface area (Å²) in [4.78, 5) is 26.5. The molecule has 1 aliphatic heterocycles. The zero-order chi connectivity index (χ0) is 15.7. The second-order valence-corrected chi connectivity index (χ2v) is 5.67. The van der Waals surface area contributed by atoms with E-state index in [1.807, 2.05) is 40.7 Å². The number of hydrogen-bond acceptors (Lipinski definition) is 3. The largest absolute Gasteiger partial charge is 0.465 e. The predicted octanol–water partition coefficient (Wildman–Crippen LogP) is 2.61. The van der Waals surface area contributed by atoms with E-state index in [2.05, 4.69) is 0 Å². The quantitative estimate of drug-likeness (QED) is 0.819. The van der Waals surface area contributed by atoms with E-state index in [0.717, 1.165) is 36.8 Å². The first kappa shape index (κ1) is 14.6. The highest BCUT2D eigenvalue weighted by atomic mass is 16.5. The van der Waals surface area contributed by atoms with Gasteiger partial charge in [-0.3, -0.25) is 4.79 Å². The predicted molar refractivity (Wildman–Crippen MR) is 83.8 cm³/mol. The van der Waals surface area contributed by atoms with Crippen molar-refractivity contribution in [1.82, 2.24) is 9.47 Å². The van der Waals surface area contributed by atoms with Gasteiger partial charge in [0, 0.05) is 30.2 Å². The van der Waals surface area contributed by atoms with Gasteiger partial charge in [0.25, 0.3) is 0 Å². The number of esters is 1. The third kappa shape index (κ3) is 2.36. The number of carbonyl (C=O) groups is 2. The summed E-state index contributed by atoms with van der Waals surface area (Å²) in [6, 6.07) is 7.26. The molecule has 1 aromatic heterocycles. The zero-order valence-electron chi connectivity index (χ0n) is 12.9. The number of fused-ring (bicyclic) bond motifs is 1. The molecular formula is C17H20N2O3. The van der Waals surface area contributed by atoms with Crippen LogP contribution in [0.3, 0.4) is 0 Å². The molecule has 1 fully saturated rings. The Hall–Kier alpha value is -2.30. The van der Waals surface area contributed by atoms with Crippen LogP contribution in [0.1, 0.15) is 36.2 Å². The fourth-order valence-corrected chi connectivity index (χ4v) is 3.12. The highest BCUT2D eigenvalue weighted by Crippen LogP contribution is 2.27. The minimum absolute atomic E-state index is 0.106. The Labute approximate surface area is 129 Å². The lowest BCUT2D eigenvalue weighted by Crippen LogP contribution is -2.33. The number of aromatic nitrogens is 1. The maximum atomic E-state index is 12.6. The maximum absolute atomic E-state index is 12.6. The summed E-state index contributed by atoms with van der Waals surface area (Å²) in [5.74, 6) is -0.273. The molecule has 0 spiro atoms. The van der Waals surface area contributed by atoms with Crippen molar-refractivity contribution in [2.45, 2.75) is 25.8 Å². The molecule has 0 N–H and O–H groups in total. The van der Waals surface area contributed by atoms with Crippen molar-refractivity contribution in [1.29, 1.82) is 0 Å². The summed E-state index contributed by atoms with van der Waals surface area (Å²) in [5, 5.41) is 0.815. The van der Waals surface area contributed by atoms with Gasteiger partial charge in [-0.15, -0.1) is 0 Å². The van der Waals surface area contributed by atoms with Gasteiger partial charge in [0.05, 0.1) is 12.7 Å². The van der Waals surface area contributed by atoms with Crippen LogP contribution >= 0.6 is 0 Å². The van der Waals surface area contributed by atoms with E-state index in [0.29, 0.717) is 5.56 Å². The van der Waals surface area contributed by atoms with E-state index in [-0.39, 0.29) is 17.9 Å². The fourth-order valence-electron chi connectivity index (χ4n) is 3.12. The lowest BCUT2D eigenvalue weighted by Gasteiger charge is -2.22. The molecule has 0 saturated carbocycles. The van der Waals surface area contributed by atoms with Gasteiger partial charge in [0.2, 0.25) is 5.91 Å². The topological polar surface area (TPSA) is 51.5 Å². The number of likely N-dealkylation sites (tertiary alicyclic amines) is 1. The van der Waals surface area contributed by atoms with Crippen LogP contribution in [0.15, 0.2) is 30.5 Å². The Kier molecular flexibility index (Phi) is 3.88. The van der Waals surface area contributed by atoms with E-state index in [4.69, 9.17) is 4.74 Å². The van der Waals surface area contributed by atoms with Crippen molar-refractivity contribution in [3.63, 3.8) is 0 Å². The molecular weight excluding hydrogens is 280 g/mol. The summed E-state index contributed by atoms with van der Waals surface area (Å²) >= 11 is 0. The summed E-state index contributed by atoms with van der Waals surface area (Å²) in [7, 11) is 1.37. The Balaban J connectivity index is 2.02. The molecule has 5 nitrogen and oxygen atoms in total. The minimum atomic E-state index is -0.379. The Bertz CT molecular complexity index is 714. The van der Waals surface area contributed by atoms with Gasteiger partial charge in [0.15, 0.2) is 0 Å². The first-order valence-electron chi connectivity index (χ1n) is 7.60. The molecule has 2 heterocycles. The normalized spacial score (nSPS) is 16.0. The molecule has 5 heteroatoms. The molecule has 3 rings (SSSR count). The van der Waals surface area contributed by atoms with E-state index in [9.17, 15) is 9.59 Å². The molecule has 22 heavy (non-hydrogen) atoms. The second kappa shape index (κ2) is 5.83. The lowest BCUT2D eigenvalue weighted by atomic mass is 10.2. The fraction of sp³-hybridized carbons (Fsp3) is 0.412. The molecule has 1 aliphatic rings. The van der Waals surface area contributed by atoms with E-state index in [1.165, 1.54) is 7.11 Å². The van der Waals surface area contributed by atoms with Gasteiger partial charge in [0.1, 0.15) is 6.04 Å². The number of nitrogens with zero attached hydrogens (tertiary/aromatic N) is 2. The monoisotopic (exact) mass is 300 g/mol. The van der Waals surface area contributed by atoms with Crippen LogP contribution in [0.25, 0.3) is 10.9 Å². The van der Waals surface area contributed by atoms with Crippen LogP contribution in [0, 0.1) is 0 Å². The van der Waals surface area contributed by atoms with Crippen molar-refractivity contribution in [2.24, 2.45) is 0 Å². The number of ether oxygens (including phenoxy) is 1. The molecule has 0 bridgehead atoms. The van der Waals surface area contributed by atoms with Crippen LogP contribution in [0.2, 0.25) is 0 Å². The van der Waals surface area contributed by atoms with Crippen LogP contribution in [0.4, 0.5) is 0 Å². The number of hydrogen-bond donors (Lipinski definition) is 0. The Morgan fingerprint density at radius 2 is 1.86 bits per heavy atom. The van der Waals surface area contributed by atoms with E-state index in [1.54, 1.807) is 6.20 Å². The van der Waals surface area contributed by atoms with Crippen molar-refractivity contribution < 1.29 is 14.3 Å². The van der Waals surface area contributed by atoms with E-state index < -0.39 is 0 Å². The summed E-state index contributed by atoms with van der Waals surface area (Å²) < 4.78 is 6.73. The van der Waals surface area contributed by atoms with Gasteiger partial charge in [-0.2, -0.15) is 0 Å². The summed E-state index contributed by atoms with van der Waals surface area (Å²) in [5.41, 5.74) is 1.38. The molecule has 1 aromatic carbocycles. The summed E-state index contributed by atoms with van der Waals surface area (Å²) in [6.07, 6.45) is 3.87. The molecule has 0 unspecified atom stereocenters. The third-order valence-electron chi connectivity index (χ3n) is 4.34. The highest BCUT2D eigenvalue weighted by Gasteiger charge is 2.26. The first-order chi connectivity index (χ1) is 10.6. The number of methoxy groups -OCH3 is 1. The maximum Gasteiger partial charge on any atom is 0.340 e. The number of para-hydroxylation sites is 1. The van der Waals surface area contributed by atoms with Crippen LogP contribution in [-0.2, 0) is 9.53 Å². The number of amides is 1. The van der Waals surface area contributed by atoms with Gasteiger partial charge >= 0.3 is 5.97 Å². The van der Waals surface area contributed by atoms with Crippen LogP contribution in [-0.4, -0.2) is 41.5 Å². The Morgan fingerprint density at radius 3 is 2.55 bits per heavy atom. The van der Waals surface area contributed by atoms with Crippen LogP contribution < -0.4 is 0 Å². The van der Waals surface area contributed by atoms with Crippen LogP contribution in [0.5, 0.6) is 0 Å². The van der Waals surface area contributed by atoms with Gasteiger partial charge < -0.3 is 14.2 Å². The van der Waals surface area contributed by atoms with E-state index >= 15 is 0 Å². The standard InChI is InChI=1S/C17H20N2O3/c1-12(16(20)18-9-5-6-10-18)19-11-14(17(21)22-2)13-7-3-4-8-15(13)19/h3-4,7-8,11-12H,5-6,9-10H2,1-2H3/t12-/m0/s1. The Morgan fingerprint density at radius 1 is 1.18 bits per heavy atom. The lowest BCUT2D eigenvalue weighted by molar-refractivity contribution is -0.133. The van der Waals surface area contributed by atoms with Crippen molar-refractivity contribution in [2.75, 3.05) is 20.2 Å². The smallest absolute Gasteiger partial charge is 0.340 e. The molecule has 2 aromatic rings. The zero-order valence-corrected chi connectivity index (χ0v) is 12.9. The average Bonchev–Trinajstić information content (AvgIpc) is 3.20. The SMILES string of the molecule is COC(=O)c1cn([C@@H](C)C(=O)N2CCCC2)c2ccccc12. The van der Waals surface area contributed by atoms with Gasteiger partial charge in [-0.1, -0.05) is 18.2 Å². The molecule has 0 aliphatic carbocycles. The van der Waals surface area contributed by atoms with Crippen molar-refractivity contribution in [3.05, 3.63) is 36.0 Å². The highest BCUT2D eigenvalue weighted by molar-refractivity contribution is 6.04. The molecule has 1 atom stereocenters. The molecule has 1 saturated heterocycles. The van der Waals surface area contributed by atoms with Crippen molar-refractivity contribution >= 4 is 22.8 Å². The average molecular weight is 300 g/mol. The minimum Gasteiger partial charge on any atom is -0.465 e. The number of benzene rings is 1. The first-order valence-corrected chi connectivity index (χ1v) is 7.60. The van der Waals surface area contributed by atoms with Gasteiger partial charge in [-0.25, -0.2) is 4.79 Å². The second-order valence-electron chi connectivity index (χ2n) is 5.67. The summed E-state index contributed by atoms with van der Waals surface area (Å²) in [6.45, 7) is 3.53. The van der Waals surface area contributed by atoms with Gasteiger partial charge in [-0.05, 0) is 25.8 Å². The number of carbonyl (C=O) groups excluding carboxylic acids is 2. The van der Waals surface area contributed by atoms with Crippen molar-refractivity contribution in [3.8, 4) is 0 Å². The third-order valence-corrected chi connectivity index (χ3v) is 4.34. The molecule has 116 valence electrons. The number of rotatable bonds is 3. The molecule has 0 radical (unpaired) electrons. The molecule has 1 amide bonds.